The van der Waals surface area contributed by atoms with Crippen LogP contribution in [0, 0.1) is 0 Å². The van der Waals surface area contributed by atoms with Crippen LogP contribution >= 0.6 is 0 Å². The Balaban J connectivity index is 2.41. The largest absolute Gasteiger partial charge is 0.444 e. The third-order valence-electron chi connectivity index (χ3n) is 6.27. The number of hydrogen-bond donors (Lipinski definition) is 3. The SMILES string of the molecule is C=Cc1cccc(C(C(=O)NC2CCCCC2)N(CC)C(=O)C(CCC(N)=O)NC(=O)OC(C)(C)C)c1. The Morgan fingerprint density at radius 3 is 2.43 bits per heavy atom. The van der Waals surface area contributed by atoms with Crippen molar-refractivity contribution >= 4 is 29.9 Å². The zero-order valence-corrected chi connectivity index (χ0v) is 22.5. The summed E-state index contributed by atoms with van der Waals surface area (Å²) in [6.07, 6.45) is 5.79. The molecule has 1 fully saturated rings. The van der Waals surface area contributed by atoms with Gasteiger partial charge in [0.1, 0.15) is 17.7 Å². The molecule has 2 atom stereocenters. The van der Waals surface area contributed by atoms with Crippen molar-refractivity contribution in [3.63, 3.8) is 0 Å². The van der Waals surface area contributed by atoms with Crippen molar-refractivity contribution in [3.05, 3.63) is 42.0 Å². The van der Waals surface area contributed by atoms with Crippen molar-refractivity contribution in [2.45, 2.75) is 96.4 Å². The van der Waals surface area contributed by atoms with Crippen molar-refractivity contribution in [1.29, 1.82) is 0 Å². The molecule has 1 aromatic carbocycles. The minimum atomic E-state index is -1.10. The molecule has 1 aliphatic rings. The van der Waals surface area contributed by atoms with Crippen molar-refractivity contribution in [2.24, 2.45) is 5.73 Å². The van der Waals surface area contributed by atoms with Crippen molar-refractivity contribution in [1.82, 2.24) is 15.5 Å². The number of likely N-dealkylation sites (N-methyl/N-ethyl adjacent to an activating group) is 1. The molecule has 204 valence electrons. The van der Waals surface area contributed by atoms with Crippen LogP contribution in [0.2, 0.25) is 0 Å². The molecule has 2 unspecified atom stereocenters. The fourth-order valence-electron chi connectivity index (χ4n) is 4.52. The van der Waals surface area contributed by atoms with Crippen LogP contribution < -0.4 is 16.4 Å². The molecular formula is C28H42N4O5. The van der Waals surface area contributed by atoms with E-state index in [4.69, 9.17) is 10.5 Å². The maximum absolute atomic E-state index is 13.9. The fraction of sp³-hybridized carbons (Fsp3) is 0.571. The number of nitrogens with two attached hydrogens (primary N) is 1. The fourth-order valence-corrected chi connectivity index (χ4v) is 4.52. The number of amides is 4. The summed E-state index contributed by atoms with van der Waals surface area (Å²) in [5.41, 5.74) is 6.00. The third-order valence-corrected chi connectivity index (χ3v) is 6.27. The van der Waals surface area contributed by atoms with Crippen LogP contribution in [0.15, 0.2) is 30.8 Å². The highest BCUT2D eigenvalue weighted by Crippen LogP contribution is 2.26. The van der Waals surface area contributed by atoms with Gasteiger partial charge in [-0.3, -0.25) is 14.4 Å². The summed E-state index contributed by atoms with van der Waals surface area (Å²) in [6, 6.07) is 5.32. The van der Waals surface area contributed by atoms with Crippen LogP contribution in [0.25, 0.3) is 6.08 Å². The number of primary amides is 1. The number of carbonyl (C=O) groups excluding carboxylic acids is 4. The Hall–Kier alpha value is -3.36. The zero-order valence-electron chi connectivity index (χ0n) is 22.5. The average molecular weight is 515 g/mol. The number of carbonyl (C=O) groups is 4. The van der Waals surface area contributed by atoms with Gasteiger partial charge in [-0.1, -0.05) is 50.1 Å². The molecule has 0 spiro atoms. The Morgan fingerprint density at radius 1 is 1.19 bits per heavy atom. The number of nitrogens with one attached hydrogen (secondary N) is 2. The van der Waals surface area contributed by atoms with Gasteiger partial charge >= 0.3 is 6.09 Å². The predicted octanol–water partition coefficient (Wildman–Crippen LogP) is 3.83. The van der Waals surface area contributed by atoms with Gasteiger partial charge in [-0.25, -0.2) is 4.79 Å². The van der Waals surface area contributed by atoms with Gasteiger partial charge in [-0.05, 0) is 64.2 Å². The predicted molar refractivity (Wildman–Crippen MR) is 143 cm³/mol. The average Bonchev–Trinajstić information content (AvgIpc) is 2.83. The van der Waals surface area contributed by atoms with E-state index in [1.807, 2.05) is 18.2 Å². The zero-order chi connectivity index (χ0) is 27.6. The van der Waals surface area contributed by atoms with Gasteiger partial charge in [0.05, 0.1) is 0 Å². The smallest absolute Gasteiger partial charge is 0.408 e. The molecule has 4 amide bonds. The number of alkyl carbamates (subject to hydrolysis) is 1. The first-order valence-corrected chi connectivity index (χ1v) is 13.1. The standard InChI is InChI=1S/C28H42N4O5/c1-6-19-12-11-13-20(18-19)24(25(34)30-21-14-9-8-10-15-21)32(7-2)26(35)22(16-17-23(29)33)31-27(36)37-28(3,4)5/h6,11-13,18,21-22,24H,1,7-10,14-17H2,2-5H3,(H2,29,33)(H,30,34)(H,31,36). The summed E-state index contributed by atoms with van der Waals surface area (Å²) < 4.78 is 5.33. The minimum Gasteiger partial charge on any atom is -0.444 e. The second kappa shape index (κ2) is 13.8. The molecule has 0 aromatic heterocycles. The van der Waals surface area contributed by atoms with E-state index in [1.54, 1.807) is 39.8 Å². The summed E-state index contributed by atoms with van der Waals surface area (Å²) in [5, 5.41) is 5.73. The third kappa shape index (κ3) is 9.55. The van der Waals surface area contributed by atoms with Crippen LogP contribution in [-0.4, -0.2) is 52.9 Å². The van der Waals surface area contributed by atoms with Crippen LogP contribution in [0.1, 0.15) is 89.8 Å². The van der Waals surface area contributed by atoms with Crippen LogP contribution in [0.3, 0.4) is 0 Å². The van der Waals surface area contributed by atoms with Gasteiger partial charge < -0.3 is 26.0 Å². The molecule has 1 aromatic rings. The van der Waals surface area contributed by atoms with Crippen molar-refractivity contribution in [3.8, 4) is 0 Å². The van der Waals surface area contributed by atoms with Crippen molar-refractivity contribution < 1.29 is 23.9 Å². The van der Waals surface area contributed by atoms with Crippen LogP contribution in [0.5, 0.6) is 0 Å². The van der Waals surface area contributed by atoms with Crippen LogP contribution in [0.4, 0.5) is 4.79 Å². The lowest BCUT2D eigenvalue weighted by Gasteiger charge is -2.35. The normalized spacial score (nSPS) is 15.7. The number of benzene rings is 1. The molecule has 0 bridgehead atoms. The number of nitrogens with zero attached hydrogens (tertiary/aromatic N) is 1. The Labute approximate surface area is 220 Å². The van der Waals surface area contributed by atoms with Gasteiger partial charge in [0.15, 0.2) is 0 Å². The highest BCUT2D eigenvalue weighted by molar-refractivity contribution is 5.92. The molecule has 4 N–H and O–H groups in total. The Kier molecular flexibility index (Phi) is 11.1. The number of rotatable bonds is 11. The Bertz CT molecular complexity index is 966. The van der Waals surface area contributed by atoms with E-state index in [1.165, 1.54) is 4.90 Å². The van der Waals surface area contributed by atoms with E-state index >= 15 is 0 Å². The number of ether oxygens (including phenoxy) is 1. The molecule has 1 saturated carbocycles. The Morgan fingerprint density at radius 2 is 1.86 bits per heavy atom. The summed E-state index contributed by atoms with van der Waals surface area (Å²) in [4.78, 5) is 53.0. The maximum atomic E-state index is 13.9. The first-order chi connectivity index (χ1) is 17.4. The lowest BCUT2D eigenvalue weighted by molar-refractivity contribution is -0.142. The highest BCUT2D eigenvalue weighted by atomic mass is 16.6. The molecule has 0 radical (unpaired) electrons. The molecule has 2 rings (SSSR count). The summed E-state index contributed by atoms with van der Waals surface area (Å²) >= 11 is 0. The molecule has 37 heavy (non-hydrogen) atoms. The van der Waals surface area contributed by atoms with Crippen LogP contribution in [-0.2, 0) is 19.1 Å². The molecule has 0 aliphatic heterocycles. The van der Waals surface area contributed by atoms with Gasteiger partial charge in [-0.2, -0.15) is 0 Å². The lowest BCUT2D eigenvalue weighted by atomic mass is 9.94. The van der Waals surface area contributed by atoms with Gasteiger partial charge in [0.2, 0.25) is 17.7 Å². The minimum absolute atomic E-state index is 0.0203. The second-order valence-electron chi connectivity index (χ2n) is 10.4. The van der Waals surface area contributed by atoms with Crippen molar-refractivity contribution in [2.75, 3.05) is 6.54 Å². The molecule has 0 saturated heterocycles. The second-order valence-corrected chi connectivity index (χ2v) is 10.4. The van der Waals surface area contributed by atoms with E-state index in [0.29, 0.717) is 5.56 Å². The monoisotopic (exact) mass is 514 g/mol. The van der Waals surface area contributed by atoms with Gasteiger partial charge in [0.25, 0.3) is 0 Å². The van der Waals surface area contributed by atoms with E-state index < -0.39 is 35.6 Å². The van der Waals surface area contributed by atoms with E-state index in [2.05, 4.69) is 17.2 Å². The molecule has 9 heteroatoms. The molecule has 1 aliphatic carbocycles. The molecular weight excluding hydrogens is 472 g/mol. The highest BCUT2D eigenvalue weighted by Gasteiger charge is 2.36. The van der Waals surface area contributed by atoms with E-state index in [9.17, 15) is 19.2 Å². The van der Waals surface area contributed by atoms with Gasteiger partial charge in [-0.15, -0.1) is 0 Å². The topological polar surface area (TPSA) is 131 Å². The first kappa shape index (κ1) is 29.9. The maximum Gasteiger partial charge on any atom is 0.408 e. The number of hydrogen-bond acceptors (Lipinski definition) is 5. The lowest BCUT2D eigenvalue weighted by Crippen LogP contribution is -2.54. The molecule has 9 nitrogen and oxygen atoms in total. The molecule has 0 heterocycles. The summed E-state index contributed by atoms with van der Waals surface area (Å²) in [6.45, 7) is 10.9. The first-order valence-electron chi connectivity index (χ1n) is 13.1. The van der Waals surface area contributed by atoms with E-state index in [0.717, 1.165) is 37.7 Å². The van der Waals surface area contributed by atoms with Gasteiger partial charge in [0, 0.05) is 19.0 Å². The summed E-state index contributed by atoms with van der Waals surface area (Å²) in [7, 11) is 0. The summed E-state index contributed by atoms with van der Waals surface area (Å²) in [5.74, 6) is -1.38. The quantitative estimate of drug-likeness (QED) is 0.413. The van der Waals surface area contributed by atoms with E-state index in [-0.39, 0.29) is 31.3 Å².